The third-order valence-electron chi connectivity index (χ3n) is 9.21. The average molecular weight is 821 g/mol. The normalized spacial score (nSPS) is 16.2. The van der Waals surface area contributed by atoms with Crippen LogP contribution in [0.25, 0.3) is 5.69 Å². The zero-order valence-electron chi connectivity index (χ0n) is 30.3. The third kappa shape index (κ3) is 9.45. The number of aromatic nitrogens is 4. The Labute approximate surface area is 316 Å². The van der Waals surface area contributed by atoms with Crippen LogP contribution in [0.2, 0.25) is 0 Å². The zero-order chi connectivity index (χ0) is 37.5. The molecule has 4 heterocycles. The predicted molar refractivity (Wildman–Crippen MR) is 201 cm³/mol. The van der Waals surface area contributed by atoms with Gasteiger partial charge in [0, 0.05) is 69.3 Å². The fourth-order valence-electron chi connectivity index (χ4n) is 6.50. The topological polar surface area (TPSA) is 150 Å². The monoisotopic (exact) mass is 819 g/mol. The Morgan fingerprint density at radius 1 is 0.943 bits per heavy atom. The van der Waals surface area contributed by atoms with Gasteiger partial charge in [0.25, 0.3) is 0 Å². The Balaban J connectivity index is 1.23. The molecule has 2 aliphatic rings. The van der Waals surface area contributed by atoms with Crippen molar-refractivity contribution in [3.63, 3.8) is 0 Å². The first-order chi connectivity index (χ1) is 25.6. The van der Waals surface area contributed by atoms with E-state index in [1.54, 1.807) is 25.4 Å². The molecule has 0 atom stereocenters. The molecule has 2 aromatic carbocycles. The van der Waals surface area contributed by atoms with Crippen molar-refractivity contribution < 1.29 is 37.3 Å². The summed E-state index contributed by atoms with van der Waals surface area (Å²) >= 11 is 3.51. The molecule has 16 nitrogen and oxygen atoms in total. The Morgan fingerprint density at radius 2 is 1.68 bits per heavy atom. The van der Waals surface area contributed by atoms with Gasteiger partial charge < -0.3 is 29.7 Å². The van der Waals surface area contributed by atoms with Crippen LogP contribution < -0.4 is 24.8 Å². The highest BCUT2D eigenvalue weighted by molar-refractivity contribution is 9.10. The molecule has 53 heavy (non-hydrogen) atoms. The molecule has 286 valence electrons. The van der Waals surface area contributed by atoms with E-state index in [4.69, 9.17) is 23.6 Å². The summed E-state index contributed by atoms with van der Waals surface area (Å²) in [5, 5.41) is 10.5. The van der Waals surface area contributed by atoms with Crippen LogP contribution in [0.3, 0.4) is 0 Å². The molecular weight excluding hydrogens is 776 g/mol. The lowest BCUT2D eigenvalue weighted by Gasteiger charge is -2.43. The van der Waals surface area contributed by atoms with Crippen molar-refractivity contribution in [2.75, 3.05) is 83.2 Å². The Kier molecular flexibility index (Phi) is 12.8. The molecule has 0 radical (unpaired) electrons. The third-order valence-corrected chi connectivity index (χ3v) is 10.9. The second-order valence-electron chi connectivity index (χ2n) is 12.5. The number of benzene rings is 2. The molecular formula is C34H44BrFN9O7P. The summed E-state index contributed by atoms with van der Waals surface area (Å²) in [4.78, 5) is 25.9. The van der Waals surface area contributed by atoms with E-state index < -0.39 is 13.6 Å². The van der Waals surface area contributed by atoms with E-state index in [2.05, 4.69) is 87.2 Å². The van der Waals surface area contributed by atoms with Gasteiger partial charge in [0.2, 0.25) is 5.95 Å². The van der Waals surface area contributed by atoms with Gasteiger partial charge in [-0.3, -0.25) is 4.90 Å². The Bertz CT molecular complexity index is 1900. The van der Waals surface area contributed by atoms with Crippen LogP contribution in [-0.2, 0) is 30.1 Å². The number of hydrogen-bond acceptors (Lipinski definition) is 15. The van der Waals surface area contributed by atoms with Gasteiger partial charge in [-0.1, -0.05) is 6.92 Å². The van der Waals surface area contributed by atoms with Crippen LogP contribution in [0, 0.1) is 5.82 Å². The van der Waals surface area contributed by atoms with E-state index in [-0.39, 0.29) is 17.4 Å². The van der Waals surface area contributed by atoms with E-state index in [1.165, 1.54) is 28.2 Å². The van der Waals surface area contributed by atoms with Crippen molar-refractivity contribution in [2.24, 2.45) is 0 Å². The van der Waals surface area contributed by atoms with Gasteiger partial charge in [0.1, 0.15) is 11.6 Å². The number of rotatable bonds is 15. The van der Waals surface area contributed by atoms with Crippen LogP contribution in [0.1, 0.15) is 25.3 Å². The highest BCUT2D eigenvalue weighted by Gasteiger charge is 2.33. The van der Waals surface area contributed by atoms with Gasteiger partial charge in [-0.05, 0) is 66.0 Å². The summed E-state index contributed by atoms with van der Waals surface area (Å²) in [6, 6.07) is 9.48. The molecule has 19 heteroatoms. The van der Waals surface area contributed by atoms with E-state index in [0.717, 1.165) is 78.9 Å². The molecule has 2 aliphatic heterocycles. The standard InChI is InChI=1S/C34H44BrFN9O7P/c1-6-23-17-29(31(47-3)19-30(23)44-11-9-25(10-12-44)43-15-13-42(2)14-16-43)40-34-37-21-27(35)33(41-34)39-28-8-7-26(45-22-24(36)20-38-45)18-32(28)50-53(46,51-48-4)52-49-5/h7-8,17-22,25H,6,9-16H2,1-5H3,(H2,37,39,40,41). The highest BCUT2D eigenvalue weighted by atomic mass is 79.9. The number of hydrogen-bond donors (Lipinski definition) is 2. The van der Waals surface area contributed by atoms with Crippen molar-refractivity contribution >= 4 is 52.6 Å². The average Bonchev–Trinajstić information content (AvgIpc) is 3.60. The van der Waals surface area contributed by atoms with Crippen molar-refractivity contribution in [3.8, 4) is 17.2 Å². The quantitative estimate of drug-likeness (QED) is 0.0765. The lowest BCUT2D eigenvalue weighted by molar-refractivity contribution is -0.253. The SMILES string of the molecule is CCc1cc(Nc2ncc(Br)c(Nc3ccc(-n4cc(F)cn4)cc3OP(=O)(OOC)OOC)n2)c(OC)cc1N1CCC(N2CCN(C)CC2)CC1. The molecule has 2 aromatic heterocycles. The number of likely N-dealkylation sites (N-methyl/N-ethyl adjacent to an activating group) is 1. The van der Waals surface area contributed by atoms with Crippen LogP contribution >= 0.6 is 23.8 Å². The van der Waals surface area contributed by atoms with E-state index >= 15 is 0 Å². The Morgan fingerprint density at radius 3 is 2.32 bits per heavy atom. The van der Waals surface area contributed by atoms with Crippen LogP contribution in [0.15, 0.2) is 53.4 Å². The minimum absolute atomic E-state index is 0.0479. The van der Waals surface area contributed by atoms with E-state index in [0.29, 0.717) is 33.5 Å². The first kappa shape index (κ1) is 38.8. The second kappa shape index (κ2) is 17.5. The summed E-state index contributed by atoms with van der Waals surface area (Å²) in [6.07, 6.45) is 6.89. The number of piperidine rings is 1. The largest absolute Gasteiger partial charge is 0.585 e. The van der Waals surface area contributed by atoms with Gasteiger partial charge in [-0.25, -0.2) is 28.4 Å². The predicted octanol–water partition coefficient (Wildman–Crippen LogP) is 6.48. The number of nitrogens with one attached hydrogen (secondary N) is 2. The maximum absolute atomic E-state index is 13.8. The van der Waals surface area contributed by atoms with E-state index in [9.17, 15) is 8.96 Å². The number of ether oxygens (including phenoxy) is 1. The van der Waals surface area contributed by atoms with Crippen LogP contribution in [-0.4, -0.2) is 103 Å². The molecule has 0 amide bonds. The van der Waals surface area contributed by atoms with Gasteiger partial charge >= 0.3 is 7.82 Å². The number of aryl methyl sites for hydroxylation is 1. The number of methoxy groups -OCH3 is 1. The van der Waals surface area contributed by atoms with Gasteiger partial charge in [0.15, 0.2) is 11.6 Å². The second-order valence-corrected chi connectivity index (χ2v) is 14.8. The molecule has 0 saturated carbocycles. The molecule has 4 aromatic rings. The molecule has 0 aliphatic carbocycles. The number of anilines is 5. The number of phosphoric acid groups is 1. The number of piperazine rings is 1. The summed E-state index contributed by atoms with van der Waals surface area (Å²) in [6.45, 7) is 8.64. The summed E-state index contributed by atoms with van der Waals surface area (Å²) < 4.78 is 49.8. The van der Waals surface area contributed by atoms with Crippen molar-refractivity contribution in [1.29, 1.82) is 0 Å². The van der Waals surface area contributed by atoms with Crippen LogP contribution in [0.5, 0.6) is 11.5 Å². The zero-order valence-corrected chi connectivity index (χ0v) is 32.7. The fourth-order valence-corrected chi connectivity index (χ4v) is 7.63. The maximum atomic E-state index is 13.8. The van der Waals surface area contributed by atoms with Crippen LogP contribution in [0.4, 0.5) is 33.2 Å². The highest BCUT2D eigenvalue weighted by Crippen LogP contribution is 2.52. The Hall–Kier alpha value is -3.87. The maximum Gasteiger partial charge on any atom is 0.585 e. The molecule has 0 unspecified atom stereocenters. The molecule has 2 N–H and O–H groups in total. The smallest absolute Gasteiger partial charge is 0.494 e. The first-order valence-corrected chi connectivity index (χ1v) is 19.4. The number of nitrogens with zero attached hydrogens (tertiary/aromatic N) is 7. The first-order valence-electron chi connectivity index (χ1n) is 17.2. The van der Waals surface area contributed by atoms with Crippen molar-refractivity contribution in [2.45, 2.75) is 32.2 Å². The summed E-state index contributed by atoms with van der Waals surface area (Å²) in [5.74, 6) is 0.671. The minimum Gasteiger partial charge on any atom is -0.494 e. The minimum atomic E-state index is -4.46. The number of halogens is 2. The van der Waals surface area contributed by atoms with E-state index in [1.807, 2.05) is 0 Å². The fraction of sp³-hybridized carbons (Fsp3) is 0.441. The van der Waals surface area contributed by atoms with Gasteiger partial charge in [0.05, 0.1) is 55.3 Å². The molecule has 2 saturated heterocycles. The molecule has 0 spiro atoms. The molecule has 2 fully saturated rings. The molecule has 6 rings (SSSR count). The van der Waals surface area contributed by atoms with Crippen molar-refractivity contribution in [3.05, 3.63) is 64.8 Å². The lowest BCUT2D eigenvalue weighted by Crippen LogP contribution is -2.52. The van der Waals surface area contributed by atoms with Gasteiger partial charge in [-0.15, -0.1) is 9.35 Å². The van der Waals surface area contributed by atoms with Gasteiger partial charge in [-0.2, -0.15) is 10.1 Å². The summed E-state index contributed by atoms with van der Waals surface area (Å²) in [5.41, 5.74) is 3.72. The summed E-state index contributed by atoms with van der Waals surface area (Å²) in [7, 11) is 1.65. The lowest BCUT2D eigenvalue weighted by atomic mass is 9.99. The van der Waals surface area contributed by atoms with Crippen molar-refractivity contribution in [1.82, 2.24) is 29.5 Å². The molecule has 0 bridgehead atoms.